The van der Waals surface area contributed by atoms with E-state index >= 15 is 0 Å². The van der Waals surface area contributed by atoms with Gasteiger partial charge in [-0.3, -0.25) is 0 Å². The topological polar surface area (TPSA) is 66.6 Å². The van der Waals surface area contributed by atoms with E-state index in [4.69, 9.17) is 5.73 Å². The van der Waals surface area contributed by atoms with Gasteiger partial charge in [0.15, 0.2) is 0 Å². The highest BCUT2D eigenvalue weighted by Gasteiger charge is 2.20. The Kier molecular flexibility index (Phi) is 4.12. The Balaban J connectivity index is 2.49. The lowest BCUT2D eigenvalue weighted by Gasteiger charge is -2.22. The van der Waals surface area contributed by atoms with Gasteiger partial charge in [0.25, 0.3) is 0 Å². The molecule has 0 aliphatic heterocycles. The zero-order valence-electron chi connectivity index (χ0n) is 11.9. The zero-order chi connectivity index (χ0) is 15.6. The van der Waals surface area contributed by atoms with Crippen molar-refractivity contribution in [1.29, 1.82) is 0 Å². The minimum Gasteiger partial charge on any atom is -0.478 e. The van der Waals surface area contributed by atoms with E-state index in [1.54, 1.807) is 11.9 Å². The van der Waals surface area contributed by atoms with E-state index in [1.807, 2.05) is 24.3 Å². The summed E-state index contributed by atoms with van der Waals surface area (Å²) in [5.74, 6) is -1.98. The van der Waals surface area contributed by atoms with Crippen LogP contribution in [0.5, 0.6) is 0 Å². The lowest BCUT2D eigenvalue weighted by molar-refractivity contribution is 0.0698. The van der Waals surface area contributed by atoms with Crippen molar-refractivity contribution in [2.45, 2.75) is 13.3 Å². The van der Waals surface area contributed by atoms with Gasteiger partial charge in [-0.25, -0.2) is 9.18 Å². The molecule has 0 heterocycles. The number of anilines is 3. The summed E-state index contributed by atoms with van der Waals surface area (Å²) in [5.41, 5.74) is 7.33. The predicted octanol–water partition coefficient (Wildman–Crippen LogP) is 3.44. The third-order valence-electron chi connectivity index (χ3n) is 3.48. The highest BCUT2D eigenvalue weighted by Crippen LogP contribution is 2.32. The minimum absolute atomic E-state index is 0.225. The highest BCUT2D eigenvalue weighted by atomic mass is 19.1. The summed E-state index contributed by atoms with van der Waals surface area (Å²) in [7, 11) is 1.72. The highest BCUT2D eigenvalue weighted by molar-refractivity contribution is 6.01. The second-order valence-electron chi connectivity index (χ2n) is 4.74. The summed E-state index contributed by atoms with van der Waals surface area (Å²) < 4.78 is 13.5. The van der Waals surface area contributed by atoms with Crippen molar-refractivity contribution in [3.63, 3.8) is 0 Å². The van der Waals surface area contributed by atoms with Gasteiger partial charge < -0.3 is 15.7 Å². The van der Waals surface area contributed by atoms with Crippen molar-refractivity contribution in [2.24, 2.45) is 0 Å². The molecule has 5 heteroatoms. The molecule has 0 spiro atoms. The van der Waals surface area contributed by atoms with Crippen molar-refractivity contribution in [1.82, 2.24) is 0 Å². The maximum Gasteiger partial charge on any atom is 0.340 e. The molecule has 0 aliphatic rings. The Bertz CT molecular complexity index is 669. The van der Waals surface area contributed by atoms with E-state index in [1.165, 1.54) is 17.7 Å². The van der Waals surface area contributed by atoms with Crippen LogP contribution >= 0.6 is 0 Å². The smallest absolute Gasteiger partial charge is 0.340 e. The number of nitrogens with zero attached hydrogens (tertiary/aromatic N) is 1. The Morgan fingerprint density at radius 3 is 2.38 bits per heavy atom. The summed E-state index contributed by atoms with van der Waals surface area (Å²) in [6, 6.07) is 10.3. The molecular weight excluding hydrogens is 271 g/mol. The van der Waals surface area contributed by atoms with Crippen LogP contribution in [0, 0.1) is 5.82 Å². The Morgan fingerprint density at radius 1 is 1.24 bits per heavy atom. The molecule has 2 aromatic carbocycles. The number of aromatic carboxylic acids is 1. The van der Waals surface area contributed by atoms with E-state index in [0.29, 0.717) is 5.69 Å². The van der Waals surface area contributed by atoms with Crippen LogP contribution in [0.3, 0.4) is 0 Å². The van der Waals surface area contributed by atoms with E-state index in [9.17, 15) is 14.3 Å². The zero-order valence-corrected chi connectivity index (χ0v) is 11.9. The quantitative estimate of drug-likeness (QED) is 0.846. The summed E-state index contributed by atoms with van der Waals surface area (Å²) in [4.78, 5) is 13.0. The maximum atomic E-state index is 13.5. The summed E-state index contributed by atoms with van der Waals surface area (Å²) in [6.07, 6.45) is 0.924. The number of benzene rings is 2. The fourth-order valence-corrected chi connectivity index (χ4v) is 2.18. The number of hydrogen-bond acceptors (Lipinski definition) is 3. The number of hydrogen-bond donors (Lipinski definition) is 2. The molecular formula is C16H17FN2O2. The number of nitrogens with two attached hydrogens (primary N) is 1. The van der Waals surface area contributed by atoms with Crippen molar-refractivity contribution in [2.75, 3.05) is 17.7 Å². The summed E-state index contributed by atoms with van der Waals surface area (Å²) in [6.45, 7) is 2.06. The second-order valence-corrected chi connectivity index (χ2v) is 4.74. The molecule has 0 saturated heterocycles. The maximum absolute atomic E-state index is 13.5. The molecule has 0 bridgehead atoms. The van der Waals surface area contributed by atoms with E-state index < -0.39 is 11.8 Å². The Labute approximate surface area is 122 Å². The van der Waals surface area contributed by atoms with Crippen LogP contribution in [0.1, 0.15) is 22.8 Å². The van der Waals surface area contributed by atoms with Gasteiger partial charge in [-0.05, 0) is 36.2 Å². The first kappa shape index (κ1) is 14.8. The molecule has 0 radical (unpaired) electrons. The first-order valence-corrected chi connectivity index (χ1v) is 6.59. The fraction of sp³-hybridized carbons (Fsp3) is 0.188. The molecule has 0 atom stereocenters. The van der Waals surface area contributed by atoms with Gasteiger partial charge in [-0.15, -0.1) is 0 Å². The van der Waals surface area contributed by atoms with Crippen LogP contribution in [0.25, 0.3) is 0 Å². The Hall–Kier alpha value is -2.56. The first-order chi connectivity index (χ1) is 9.95. The molecule has 0 saturated carbocycles. The molecule has 4 nitrogen and oxygen atoms in total. The summed E-state index contributed by atoms with van der Waals surface area (Å²) in [5, 5.41) is 9.28. The largest absolute Gasteiger partial charge is 0.478 e. The van der Waals surface area contributed by atoms with Gasteiger partial charge in [0, 0.05) is 12.7 Å². The molecule has 0 aromatic heterocycles. The molecule has 0 amide bonds. The van der Waals surface area contributed by atoms with Gasteiger partial charge in [0.05, 0.1) is 11.4 Å². The van der Waals surface area contributed by atoms with Crippen molar-refractivity contribution >= 4 is 23.0 Å². The lowest BCUT2D eigenvalue weighted by atomic mass is 10.1. The van der Waals surface area contributed by atoms with Gasteiger partial charge in [-0.1, -0.05) is 19.1 Å². The first-order valence-electron chi connectivity index (χ1n) is 6.59. The number of carboxylic acids is 1. The van der Waals surface area contributed by atoms with Gasteiger partial charge in [0.2, 0.25) is 0 Å². The molecule has 0 fully saturated rings. The third-order valence-corrected chi connectivity index (χ3v) is 3.48. The van der Waals surface area contributed by atoms with Crippen LogP contribution in [-0.2, 0) is 6.42 Å². The van der Waals surface area contributed by atoms with Gasteiger partial charge in [-0.2, -0.15) is 0 Å². The van der Waals surface area contributed by atoms with E-state index in [2.05, 4.69) is 6.92 Å². The number of aryl methyl sites for hydroxylation is 1. The van der Waals surface area contributed by atoms with Crippen molar-refractivity contribution in [3.8, 4) is 0 Å². The average Bonchev–Trinajstić information content (AvgIpc) is 2.48. The fourth-order valence-electron chi connectivity index (χ4n) is 2.18. The van der Waals surface area contributed by atoms with Crippen LogP contribution in [0.15, 0.2) is 36.4 Å². The molecule has 2 rings (SSSR count). The van der Waals surface area contributed by atoms with Gasteiger partial charge >= 0.3 is 5.97 Å². The number of rotatable bonds is 4. The van der Waals surface area contributed by atoms with Crippen LogP contribution in [0.4, 0.5) is 21.5 Å². The second kappa shape index (κ2) is 5.83. The molecule has 0 unspecified atom stereocenters. The SMILES string of the molecule is CCc1ccc(N(C)c2ccc(F)c(N)c2C(=O)O)cc1. The molecule has 0 aliphatic carbocycles. The van der Waals surface area contributed by atoms with Crippen LogP contribution < -0.4 is 10.6 Å². The lowest BCUT2D eigenvalue weighted by Crippen LogP contribution is -2.16. The molecule has 2 aromatic rings. The van der Waals surface area contributed by atoms with E-state index in [-0.39, 0.29) is 11.3 Å². The normalized spacial score (nSPS) is 10.4. The summed E-state index contributed by atoms with van der Waals surface area (Å²) >= 11 is 0. The standard InChI is InChI=1S/C16H17FN2O2/c1-3-10-4-6-11(7-5-10)19(2)13-9-8-12(17)15(18)14(13)16(20)21/h4-9H,3,18H2,1-2H3,(H,20,21). The number of carboxylic acid groups (broad SMARTS) is 1. The predicted molar refractivity (Wildman–Crippen MR) is 81.7 cm³/mol. The average molecular weight is 288 g/mol. The number of halogens is 1. The monoisotopic (exact) mass is 288 g/mol. The minimum atomic E-state index is -1.25. The number of carbonyl (C=O) groups is 1. The van der Waals surface area contributed by atoms with Gasteiger partial charge in [0.1, 0.15) is 11.4 Å². The van der Waals surface area contributed by atoms with E-state index in [0.717, 1.165) is 12.1 Å². The molecule has 21 heavy (non-hydrogen) atoms. The Morgan fingerprint density at radius 2 is 1.86 bits per heavy atom. The van der Waals surface area contributed by atoms with Crippen molar-refractivity contribution in [3.05, 3.63) is 53.3 Å². The van der Waals surface area contributed by atoms with Crippen molar-refractivity contribution < 1.29 is 14.3 Å². The third kappa shape index (κ3) is 2.81. The number of nitrogen functional groups attached to an aromatic ring is 1. The van der Waals surface area contributed by atoms with Crippen LogP contribution in [0.2, 0.25) is 0 Å². The molecule has 110 valence electrons. The molecule has 3 N–H and O–H groups in total. The van der Waals surface area contributed by atoms with Crippen LogP contribution in [-0.4, -0.2) is 18.1 Å².